The van der Waals surface area contributed by atoms with Gasteiger partial charge in [0.1, 0.15) is 11.0 Å². The molecule has 0 amide bonds. The Morgan fingerprint density at radius 2 is 0.906 bits per heavy atom. The summed E-state index contributed by atoms with van der Waals surface area (Å²) in [5.41, 5.74) is 6.82. The highest BCUT2D eigenvalue weighted by molar-refractivity contribution is 7.98. The van der Waals surface area contributed by atoms with Crippen molar-refractivity contribution < 1.29 is 8.83 Å². The van der Waals surface area contributed by atoms with Crippen LogP contribution in [0, 0.1) is 0 Å². The molecule has 0 aliphatic carbocycles. The van der Waals surface area contributed by atoms with Crippen LogP contribution in [0.2, 0.25) is 0 Å². The molecule has 0 radical (unpaired) electrons. The summed E-state index contributed by atoms with van der Waals surface area (Å²) in [4.78, 5) is 18.9. The highest BCUT2D eigenvalue weighted by Gasteiger charge is 2.14. The van der Waals surface area contributed by atoms with Crippen molar-refractivity contribution in [1.82, 2.24) is 19.9 Å². The van der Waals surface area contributed by atoms with Crippen LogP contribution in [0.5, 0.6) is 0 Å². The summed E-state index contributed by atoms with van der Waals surface area (Å²) in [7, 11) is 0. The van der Waals surface area contributed by atoms with Crippen LogP contribution in [-0.2, 0) is 11.5 Å². The Kier molecular flexibility index (Phi) is 5.01. The zero-order valence-electron chi connectivity index (χ0n) is 16.8. The molecule has 0 unspecified atom stereocenters. The Hall–Kier alpha value is -3.36. The van der Waals surface area contributed by atoms with Gasteiger partial charge in [-0.15, -0.1) is 0 Å². The van der Waals surface area contributed by atoms with Crippen LogP contribution in [0.1, 0.15) is 11.4 Å². The van der Waals surface area contributed by atoms with Crippen molar-refractivity contribution in [3.8, 4) is 0 Å². The lowest BCUT2D eigenvalue weighted by Crippen LogP contribution is -2.00. The molecule has 32 heavy (non-hydrogen) atoms. The van der Waals surface area contributed by atoms with Crippen molar-refractivity contribution in [3.05, 3.63) is 84.2 Å². The minimum atomic E-state index is 0.605. The Morgan fingerprint density at radius 3 is 1.34 bits per heavy atom. The maximum atomic E-state index is 5.85. The fourth-order valence-electron chi connectivity index (χ4n) is 3.39. The summed E-state index contributed by atoms with van der Waals surface area (Å²) in [5, 5.41) is 1.25. The van der Waals surface area contributed by atoms with Gasteiger partial charge in [0, 0.05) is 11.5 Å². The van der Waals surface area contributed by atoms with Crippen molar-refractivity contribution in [2.24, 2.45) is 0 Å². The minimum absolute atomic E-state index is 0.605. The van der Waals surface area contributed by atoms with E-state index in [-0.39, 0.29) is 0 Å². The topological polar surface area (TPSA) is 77.8 Å². The fourth-order valence-corrected chi connectivity index (χ4v) is 5.00. The maximum absolute atomic E-state index is 5.85. The van der Waals surface area contributed by atoms with Gasteiger partial charge in [0.05, 0.1) is 22.4 Å². The van der Waals surface area contributed by atoms with E-state index in [2.05, 4.69) is 9.97 Å². The van der Waals surface area contributed by atoms with Gasteiger partial charge in [-0.25, -0.2) is 19.9 Å². The van der Waals surface area contributed by atoms with Crippen molar-refractivity contribution >= 4 is 56.8 Å². The number of hydrogen-bond acceptors (Lipinski definition) is 8. The number of thioether (sulfide) groups is 2. The number of nitrogens with zero attached hydrogens (tertiary/aromatic N) is 4. The van der Waals surface area contributed by atoms with Crippen LogP contribution in [0.15, 0.2) is 92.1 Å². The van der Waals surface area contributed by atoms with Crippen LogP contribution in [0.3, 0.4) is 0 Å². The van der Waals surface area contributed by atoms with Crippen LogP contribution >= 0.6 is 23.5 Å². The van der Waals surface area contributed by atoms with Crippen LogP contribution < -0.4 is 0 Å². The average Bonchev–Trinajstić information content (AvgIpc) is 3.44. The van der Waals surface area contributed by atoms with Crippen LogP contribution in [0.25, 0.3) is 33.2 Å². The molecule has 0 aliphatic rings. The number of para-hydroxylation sites is 6. The van der Waals surface area contributed by atoms with E-state index in [1.54, 1.807) is 0 Å². The summed E-state index contributed by atoms with van der Waals surface area (Å²) in [6.45, 7) is 0. The summed E-state index contributed by atoms with van der Waals surface area (Å²) in [5.74, 6) is 1.21. The predicted octanol–water partition coefficient (Wildman–Crippen LogP) is 6.50. The highest BCUT2D eigenvalue weighted by atomic mass is 32.2. The van der Waals surface area contributed by atoms with Crippen molar-refractivity contribution in [2.75, 3.05) is 0 Å². The first kappa shape index (κ1) is 19.3. The predicted molar refractivity (Wildman–Crippen MR) is 127 cm³/mol. The largest absolute Gasteiger partial charge is 0.431 e. The molecule has 6 rings (SSSR count). The second-order valence-corrected chi connectivity index (χ2v) is 8.93. The van der Waals surface area contributed by atoms with Gasteiger partial charge in [-0.1, -0.05) is 59.9 Å². The standard InChI is InChI=1S/C24H16N4O2S2/c1-2-8-16-15(7-1)25-19(13-31-23-27-17-9-3-5-11-21(17)29-23)20(26-16)14-32-24-28-18-10-4-6-12-22(18)30-24/h1-12H,13-14H2. The molecule has 3 aromatic carbocycles. The lowest BCUT2D eigenvalue weighted by atomic mass is 10.2. The molecule has 0 N–H and O–H groups in total. The highest BCUT2D eigenvalue weighted by Crippen LogP contribution is 2.30. The molecule has 0 saturated heterocycles. The van der Waals surface area contributed by atoms with E-state index in [9.17, 15) is 0 Å². The van der Waals surface area contributed by atoms with Gasteiger partial charge >= 0.3 is 0 Å². The fraction of sp³-hybridized carbons (Fsp3) is 0.0833. The zero-order valence-corrected chi connectivity index (χ0v) is 18.4. The first-order valence-electron chi connectivity index (χ1n) is 10.0. The van der Waals surface area contributed by atoms with Crippen LogP contribution in [0.4, 0.5) is 0 Å². The molecule has 0 fully saturated rings. The molecular weight excluding hydrogens is 440 g/mol. The normalized spacial score (nSPS) is 11.6. The van der Waals surface area contributed by atoms with E-state index >= 15 is 0 Å². The maximum Gasteiger partial charge on any atom is 0.257 e. The van der Waals surface area contributed by atoms with Gasteiger partial charge in [0.2, 0.25) is 0 Å². The average molecular weight is 457 g/mol. The third-order valence-corrected chi connectivity index (χ3v) is 6.62. The smallest absolute Gasteiger partial charge is 0.257 e. The molecule has 3 heterocycles. The summed E-state index contributed by atoms with van der Waals surface area (Å²) >= 11 is 3.04. The Bertz CT molecular complexity index is 1380. The summed E-state index contributed by atoms with van der Waals surface area (Å²) in [6.07, 6.45) is 0. The molecular formula is C24H16N4O2S2. The number of oxazole rings is 2. The molecule has 6 nitrogen and oxygen atoms in total. The van der Waals surface area contributed by atoms with Gasteiger partial charge in [-0.2, -0.15) is 0 Å². The molecule has 0 aliphatic heterocycles. The number of aromatic nitrogens is 4. The second-order valence-electron chi connectivity index (χ2n) is 7.08. The Labute approximate surface area is 191 Å². The van der Waals surface area contributed by atoms with Gasteiger partial charge in [0.15, 0.2) is 11.2 Å². The summed E-state index contributed by atoms with van der Waals surface area (Å²) in [6, 6.07) is 23.4. The SMILES string of the molecule is c1ccc2nc(CSc3nc4ccccc4o3)c(CSc3nc4ccccc4o3)nc2c1. The molecule has 0 bridgehead atoms. The third-order valence-electron chi connectivity index (χ3n) is 4.94. The van der Waals surface area contributed by atoms with Crippen molar-refractivity contribution in [1.29, 1.82) is 0 Å². The van der Waals surface area contributed by atoms with Gasteiger partial charge in [-0.3, -0.25) is 0 Å². The zero-order chi connectivity index (χ0) is 21.3. The number of benzene rings is 3. The minimum Gasteiger partial charge on any atom is -0.431 e. The quantitative estimate of drug-likeness (QED) is 0.263. The molecule has 8 heteroatoms. The van der Waals surface area contributed by atoms with E-state index in [0.717, 1.165) is 44.6 Å². The van der Waals surface area contributed by atoms with E-state index in [1.807, 2.05) is 72.8 Å². The Morgan fingerprint density at radius 1 is 0.500 bits per heavy atom. The van der Waals surface area contributed by atoms with E-state index in [1.165, 1.54) is 23.5 Å². The first-order valence-corrected chi connectivity index (χ1v) is 12.0. The lowest BCUT2D eigenvalue weighted by Gasteiger charge is -2.08. The molecule has 3 aromatic heterocycles. The molecule has 0 spiro atoms. The van der Waals surface area contributed by atoms with Crippen molar-refractivity contribution in [3.63, 3.8) is 0 Å². The second kappa shape index (κ2) is 8.29. The number of fused-ring (bicyclic) bond motifs is 3. The lowest BCUT2D eigenvalue weighted by molar-refractivity contribution is 0.489. The summed E-state index contributed by atoms with van der Waals surface area (Å²) < 4.78 is 11.7. The molecule has 0 atom stereocenters. The van der Waals surface area contributed by atoms with Gasteiger partial charge in [-0.05, 0) is 36.4 Å². The van der Waals surface area contributed by atoms with Gasteiger partial charge < -0.3 is 8.83 Å². The van der Waals surface area contributed by atoms with E-state index in [0.29, 0.717) is 22.0 Å². The Balaban J connectivity index is 1.28. The van der Waals surface area contributed by atoms with Gasteiger partial charge in [0.25, 0.3) is 10.4 Å². The molecule has 6 aromatic rings. The van der Waals surface area contributed by atoms with Crippen molar-refractivity contribution in [2.45, 2.75) is 22.0 Å². The number of hydrogen-bond donors (Lipinski definition) is 0. The monoisotopic (exact) mass is 456 g/mol. The first-order chi connectivity index (χ1) is 15.8. The van der Waals surface area contributed by atoms with Crippen LogP contribution in [-0.4, -0.2) is 19.9 Å². The number of rotatable bonds is 6. The third kappa shape index (κ3) is 3.83. The van der Waals surface area contributed by atoms with E-state index in [4.69, 9.17) is 18.8 Å². The molecule has 156 valence electrons. The van der Waals surface area contributed by atoms with E-state index < -0.39 is 0 Å². The molecule has 0 saturated carbocycles.